The summed E-state index contributed by atoms with van der Waals surface area (Å²) < 4.78 is 1.84. The van der Waals surface area contributed by atoms with E-state index in [0.29, 0.717) is 24.0 Å². The Labute approximate surface area is 147 Å². The highest BCUT2D eigenvalue weighted by atomic mass is 35.5. The van der Waals surface area contributed by atoms with Crippen molar-refractivity contribution < 1.29 is 4.79 Å². The summed E-state index contributed by atoms with van der Waals surface area (Å²) in [5.41, 5.74) is 3.66. The van der Waals surface area contributed by atoms with E-state index in [4.69, 9.17) is 11.6 Å². The lowest BCUT2D eigenvalue weighted by molar-refractivity contribution is 0.0950. The number of carbonyl (C=O) groups excluding carboxylic acids is 1. The highest BCUT2D eigenvalue weighted by Crippen LogP contribution is 2.25. The van der Waals surface area contributed by atoms with Gasteiger partial charge in [-0.15, -0.1) is 0 Å². The van der Waals surface area contributed by atoms with E-state index >= 15 is 0 Å². The summed E-state index contributed by atoms with van der Waals surface area (Å²) in [5.74, 6) is 0.395. The molecule has 1 aliphatic heterocycles. The van der Waals surface area contributed by atoms with Crippen LogP contribution in [-0.2, 0) is 6.54 Å². The topological polar surface area (TPSA) is 59.0 Å². The molecule has 24 heavy (non-hydrogen) atoms. The van der Waals surface area contributed by atoms with Gasteiger partial charge in [-0.2, -0.15) is 5.10 Å². The number of halogens is 1. The lowest BCUT2D eigenvalue weighted by atomic mass is 9.93. The quantitative estimate of drug-likeness (QED) is 0.875. The van der Waals surface area contributed by atoms with Crippen LogP contribution >= 0.6 is 11.6 Å². The highest BCUT2D eigenvalue weighted by molar-refractivity contribution is 6.31. The van der Waals surface area contributed by atoms with Gasteiger partial charge in [0.1, 0.15) is 0 Å². The van der Waals surface area contributed by atoms with Crippen LogP contribution in [0.1, 0.15) is 39.6 Å². The molecule has 1 atom stereocenters. The molecule has 2 N–H and O–H groups in total. The van der Waals surface area contributed by atoms with Gasteiger partial charge in [0.25, 0.3) is 5.91 Å². The van der Waals surface area contributed by atoms with Gasteiger partial charge < -0.3 is 10.6 Å². The summed E-state index contributed by atoms with van der Waals surface area (Å²) in [4.78, 5) is 12.6. The second-order valence-corrected chi connectivity index (χ2v) is 6.62. The van der Waals surface area contributed by atoms with Gasteiger partial charge in [0, 0.05) is 18.7 Å². The Hall–Kier alpha value is -1.85. The van der Waals surface area contributed by atoms with Gasteiger partial charge in [-0.25, -0.2) is 0 Å². The van der Waals surface area contributed by atoms with Crippen LogP contribution in [0.15, 0.2) is 24.3 Å². The highest BCUT2D eigenvalue weighted by Gasteiger charge is 2.21. The Kier molecular flexibility index (Phi) is 5.21. The third-order valence-electron chi connectivity index (χ3n) is 4.61. The predicted molar refractivity (Wildman–Crippen MR) is 95.7 cm³/mol. The number of nitrogens with one attached hydrogen (secondary N) is 2. The zero-order chi connectivity index (χ0) is 17.1. The van der Waals surface area contributed by atoms with E-state index in [2.05, 4.69) is 21.8 Å². The maximum absolute atomic E-state index is 12.6. The summed E-state index contributed by atoms with van der Waals surface area (Å²) in [5, 5.41) is 11.4. The van der Waals surface area contributed by atoms with Gasteiger partial charge in [-0.05, 0) is 44.4 Å². The molecule has 0 spiro atoms. The van der Waals surface area contributed by atoms with Crippen LogP contribution < -0.4 is 10.6 Å². The molecule has 1 saturated heterocycles. The number of hydrogen-bond acceptors (Lipinski definition) is 3. The predicted octanol–water partition coefficient (Wildman–Crippen LogP) is 2.66. The minimum absolute atomic E-state index is 0.0230. The van der Waals surface area contributed by atoms with Crippen molar-refractivity contribution in [3.63, 3.8) is 0 Å². The minimum Gasteiger partial charge on any atom is -0.350 e. The molecule has 1 aliphatic rings. The van der Waals surface area contributed by atoms with Gasteiger partial charge >= 0.3 is 0 Å². The monoisotopic (exact) mass is 346 g/mol. The van der Waals surface area contributed by atoms with Crippen LogP contribution in [-0.4, -0.2) is 35.3 Å². The first-order valence-corrected chi connectivity index (χ1v) is 8.73. The van der Waals surface area contributed by atoms with Crippen LogP contribution in [0.2, 0.25) is 5.02 Å². The fraction of sp³-hybridized carbons (Fsp3) is 0.444. The molecule has 0 aliphatic carbocycles. The number of benzene rings is 1. The fourth-order valence-electron chi connectivity index (χ4n) is 3.24. The van der Waals surface area contributed by atoms with E-state index in [-0.39, 0.29) is 5.91 Å². The molecule has 3 rings (SSSR count). The number of rotatable bonds is 5. The van der Waals surface area contributed by atoms with Gasteiger partial charge in [-0.3, -0.25) is 9.48 Å². The van der Waals surface area contributed by atoms with Crippen molar-refractivity contribution in [2.24, 2.45) is 0 Å². The first-order chi connectivity index (χ1) is 11.6. The average Bonchev–Trinajstić information content (AvgIpc) is 3.20. The Morgan fingerprint density at radius 2 is 2.21 bits per heavy atom. The number of aromatic nitrogens is 2. The molecular formula is C18H23ClN4O. The van der Waals surface area contributed by atoms with Gasteiger partial charge in [0.05, 0.1) is 23.0 Å². The van der Waals surface area contributed by atoms with Crippen molar-refractivity contribution in [3.8, 4) is 0 Å². The summed E-state index contributed by atoms with van der Waals surface area (Å²) in [6, 6.07) is 7.89. The Morgan fingerprint density at radius 3 is 2.88 bits per heavy atom. The van der Waals surface area contributed by atoms with Crippen molar-refractivity contribution >= 4 is 17.5 Å². The van der Waals surface area contributed by atoms with E-state index in [1.54, 1.807) is 0 Å². The third-order valence-corrected chi connectivity index (χ3v) is 5.15. The van der Waals surface area contributed by atoms with E-state index in [1.165, 1.54) is 0 Å². The maximum atomic E-state index is 12.6. The van der Waals surface area contributed by atoms with Crippen LogP contribution in [0, 0.1) is 13.8 Å². The normalized spacial score (nSPS) is 17.2. The van der Waals surface area contributed by atoms with E-state index in [9.17, 15) is 4.79 Å². The zero-order valence-electron chi connectivity index (χ0n) is 14.1. The molecule has 5 nitrogen and oxygen atoms in total. The molecule has 1 amide bonds. The summed E-state index contributed by atoms with van der Waals surface area (Å²) in [6.07, 6.45) is 1.08. The van der Waals surface area contributed by atoms with Crippen molar-refractivity contribution in [2.75, 3.05) is 19.6 Å². The van der Waals surface area contributed by atoms with Crippen LogP contribution in [0.4, 0.5) is 0 Å². The van der Waals surface area contributed by atoms with E-state index in [1.807, 2.05) is 36.7 Å². The van der Waals surface area contributed by atoms with E-state index < -0.39 is 0 Å². The average molecular weight is 347 g/mol. The Morgan fingerprint density at radius 1 is 1.42 bits per heavy atom. The molecule has 2 aromatic rings. The van der Waals surface area contributed by atoms with Crippen molar-refractivity contribution in [1.29, 1.82) is 0 Å². The zero-order valence-corrected chi connectivity index (χ0v) is 14.9. The minimum atomic E-state index is -0.0230. The van der Waals surface area contributed by atoms with Crippen molar-refractivity contribution in [2.45, 2.75) is 32.7 Å². The molecule has 1 aromatic carbocycles. The molecular weight excluding hydrogens is 324 g/mol. The largest absolute Gasteiger partial charge is 0.350 e. The summed E-state index contributed by atoms with van der Waals surface area (Å²) >= 11 is 6.15. The standard InChI is InChI=1S/C18H23ClN4O/c1-12-17(19)13(2)23(22-12)10-9-21-18(24)16-6-4-3-5-15(16)14-7-8-20-11-14/h3-6,14,20H,7-11H2,1-2H3,(H,21,24)/t14-/m0/s1. The molecule has 6 heteroatoms. The number of hydrogen-bond donors (Lipinski definition) is 2. The van der Waals surface area contributed by atoms with Crippen molar-refractivity contribution in [1.82, 2.24) is 20.4 Å². The summed E-state index contributed by atoms with van der Waals surface area (Å²) in [6.45, 7) is 6.91. The molecule has 0 bridgehead atoms. The van der Waals surface area contributed by atoms with Gasteiger partial charge in [-0.1, -0.05) is 29.8 Å². The lowest BCUT2D eigenvalue weighted by Gasteiger charge is -2.15. The maximum Gasteiger partial charge on any atom is 0.251 e. The summed E-state index contributed by atoms with van der Waals surface area (Å²) in [7, 11) is 0. The first-order valence-electron chi connectivity index (χ1n) is 8.35. The second-order valence-electron chi connectivity index (χ2n) is 6.24. The molecule has 1 fully saturated rings. The number of aryl methyl sites for hydroxylation is 1. The lowest BCUT2D eigenvalue weighted by Crippen LogP contribution is -2.29. The molecule has 128 valence electrons. The Balaban J connectivity index is 1.64. The van der Waals surface area contributed by atoms with Crippen LogP contribution in [0.25, 0.3) is 0 Å². The fourth-order valence-corrected chi connectivity index (χ4v) is 3.38. The van der Waals surface area contributed by atoms with Gasteiger partial charge in [0.15, 0.2) is 0 Å². The van der Waals surface area contributed by atoms with E-state index in [0.717, 1.165) is 42.0 Å². The Bertz CT molecular complexity index is 735. The number of amides is 1. The first kappa shape index (κ1) is 17.0. The molecule has 0 unspecified atom stereocenters. The molecule has 0 saturated carbocycles. The second kappa shape index (κ2) is 7.36. The number of carbonyl (C=O) groups is 1. The van der Waals surface area contributed by atoms with Crippen LogP contribution in [0.5, 0.6) is 0 Å². The molecule has 1 aromatic heterocycles. The third kappa shape index (κ3) is 3.47. The molecule has 2 heterocycles. The van der Waals surface area contributed by atoms with Gasteiger partial charge in [0.2, 0.25) is 0 Å². The molecule has 0 radical (unpaired) electrons. The SMILES string of the molecule is Cc1nn(CCNC(=O)c2ccccc2[C@H]2CCNC2)c(C)c1Cl. The number of nitrogens with zero attached hydrogens (tertiary/aromatic N) is 2. The van der Waals surface area contributed by atoms with Crippen molar-refractivity contribution in [3.05, 3.63) is 51.8 Å². The smallest absolute Gasteiger partial charge is 0.251 e. The van der Waals surface area contributed by atoms with Crippen LogP contribution in [0.3, 0.4) is 0 Å².